The van der Waals surface area contributed by atoms with Gasteiger partial charge in [-0.2, -0.15) is 0 Å². The smallest absolute Gasteiger partial charge is 0.260 e. The minimum atomic E-state index is -0.305. The number of likely N-dealkylation sites (N-methyl/N-ethyl adjacent to an activating group) is 1. The van der Waals surface area contributed by atoms with E-state index in [1.54, 1.807) is 43.4 Å². The molecule has 24 heavy (non-hydrogen) atoms. The van der Waals surface area contributed by atoms with Crippen molar-refractivity contribution in [2.45, 2.75) is 19.9 Å². The van der Waals surface area contributed by atoms with Crippen LogP contribution in [-0.2, 0) is 11.3 Å². The highest BCUT2D eigenvalue weighted by Gasteiger charge is 2.11. The van der Waals surface area contributed by atoms with Crippen LogP contribution in [0.4, 0.5) is 4.39 Å². The molecule has 0 atom stereocenters. The number of Topliss-reactive ketones (excluding diaryl/α,β-unsaturated/α-hetero) is 1. The monoisotopic (exact) mass is 329 g/mol. The first kappa shape index (κ1) is 17.7. The molecule has 0 bridgehead atoms. The van der Waals surface area contributed by atoms with Crippen LogP contribution in [0.25, 0.3) is 0 Å². The SMILES string of the molecule is CCC(=O)c1ccc(OCC(=O)N(C)Cc2ccc(F)cc2)cc1. The van der Waals surface area contributed by atoms with E-state index in [-0.39, 0.29) is 24.1 Å². The highest BCUT2D eigenvalue weighted by Crippen LogP contribution is 2.14. The van der Waals surface area contributed by atoms with Crippen molar-refractivity contribution >= 4 is 11.7 Å². The summed E-state index contributed by atoms with van der Waals surface area (Å²) in [5.41, 5.74) is 1.47. The maximum atomic E-state index is 12.9. The molecule has 0 saturated heterocycles. The number of amides is 1. The van der Waals surface area contributed by atoms with Gasteiger partial charge in [-0.25, -0.2) is 4.39 Å². The molecule has 0 aliphatic heterocycles. The molecule has 0 spiro atoms. The molecule has 0 radical (unpaired) electrons. The standard InChI is InChI=1S/C19H20FNO3/c1-3-18(22)15-6-10-17(11-7-15)24-13-19(23)21(2)12-14-4-8-16(20)9-5-14/h4-11H,3,12-13H2,1-2H3. The summed E-state index contributed by atoms with van der Waals surface area (Å²) in [6.07, 6.45) is 0.451. The summed E-state index contributed by atoms with van der Waals surface area (Å²) in [5, 5.41) is 0. The highest BCUT2D eigenvalue weighted by molar-refractivity contribution is 5.95. The predicted molar refractivity (Wildman–Crippen MR) is 89.4 cm³/mol. The van der Waals surface area contributed by atoms with Gasteiger partial charge in [-0.05, 0) is 42.0 Å². The molecule has 126 valence electrons. The van der Waals surface area contributed by atoms with Gasteiger partial charge in [0, 0.05) is 25.6 Å². The van der Waals surface area contributed by atoms with Crippen LogP contribution >= 0.6 is 0 Å². The Kier molecular flexibility index (Phi) is 6.07. The summed E-state index contributed by atoms with van der Waals surface area (Å²) in [5.74, 6) is 0.108. The average Bonchev–Trinajstić information content (AvgIpc) is 2.61. The van der Waals surface area contributed by atoms with Gasteiger partial charge in [0.15, 0.2) is 12.4 Å². The van der Waals surface area contributed by atoms with Crippen LogP contribution in [0.5, 0.6) is 5.75 Å². The minimum Gasteiger partial charge on any atom is -0.484 e. The molecule has 0 unspecified atom stereocenters. The van der Waals surface area contributed by atoms with Crippen LogP contribution in [0.2, 0.25) is 0 Å². The second-order valence-electron chi connectivity index (χ2n) is 5.47. The van der Waals surface area contributed by atoms with Crippen molar-refractivity contribution in [3.63, 3.8) is 0 Å². The Labute approximate surface area is 140 Å². The van der Waals surface area contributed by atoms with Gasteiger partial charge in [0.2, 0.25) is 0 Å². The zero-order valence-electron chi connectivity index (χ0n) is 13.8. The molecule has 0 saturated carbocycles. The van der Waals surface area contributed by atoms with E-state index in [0.29, 0.717) is 24.3 Å². The molecule has 0 N–H and O–H groups in total. The fraction of sp³-hybridized carbons (Fsp3) is 0.263. The number of carbonyl (C=O) groups is 2. The van der Waals surface area contributed by atoms with Crippen molar-refractivity contribution in [3.05, 3.63) is 65.5 Å². The lowest BCUT2D eigenvalue weighted by Crippen LogP contribution is -2.30. The molecule has 2 aromatic carbocycles. The van der Waals surface area contributed by atoms with Crippen molar-refractivity contribution in [2.24, 2.45) is 0 Å². The van der Waals surface area contributed by atoms with Crippen LogP contribution in [0.3, 0.4) is 0 Å². The Balaban J connectivity index is 1.85. The topological polar surface area (TPSA) is 46.6 Å². The van der Waals surface area contributed by atoms with Gasteiger partial charge in [0.25, 0.3) is 5.91 Å². The number of hydrogen-bond donors (Lipinski definition) is 0. The molecule has 1 amide bonds. The van der Waals surface area contributed by atoms with Crippen molar-refractivity contribution in [1.82, 2.24) is 4.90 Å². The number of nitrogens with zero attached hydrogens (tertiary/aromatic N) is 1. The van der Waals surface area contributed by atoms with Gasteiger partial charge in [0.1, 0.15) is 11.6 Å². The maximum absolute atomic E-state index is 12.9. The minimum absolute atomic E-state index is 0.0663. The lowest BCUT2D eigenvalue weighted by molar-refractivity contribution is -0.132. The van der Waals surface area contributed by atoms with Gasteiger partial charge in [0.05, 0.1) is 0 Å². The Morgan fingerprint density at radius 2 is 1.67 bits per heavy atom. The van der Waals surface area contributed by atoms with Gasteiger partial charge in [-0.15, -0.1) is 0 Å². The maximum Gasteiger partial charge on any atom is 0.260 e. The first-order valence-corrected chi connectivity index (χ1v) is 7.74. The molecule has 0 heterocycles. The molecule has 0 aliphatic rings. The third kappa shape index (κ3) is 4.91. The molecule has 0 fully saturated rings. The second-order valence-corrected chi connectivity index (χ2v) is 5.47. The Bertz CT molecular complexity index is 696. The molecule has 5 heteroatoms. The summed E-state index contributed by atoms with van der Waals surface area (Å²) in [6.45, 7) is 2.09. The largest absolute Gasteiger partial charge is 0.484 e. The quantitative estimate of drug-likeness (QED) is 0.731. The molecular formula is C19H20FNO3. The van der Waals surface area contributed by atoms with Gasteiger partial charge in [-0.1, -0.05) is 19.1 Å². The first-order valence-electron chi connectivity index (χ1n) is 7.74. The van der Waals surface area contributed by atoms with Crippen LogP contribution < -0.4 is 4.74 Å². The highest BCUT2D eigenvalue weighted by atomic mass is 19.1. The Hall–Kier alpha value is -2.69. The number of hydrogen-bond acceptors (Lipinski definition) is 3. The number of ether oxygens (including phenoxy) is 1. The Morgan fingerprint density at radius 3 is 2.25 bits per heavy atom. The molecule has 0 aromatic heterocycles. The zero-order chi connectivity index (χ0) is 17.5. The van der Waals surface area contributed by atoms with Crippen LogP contribution in [-0.4, -0.2) is 30.2 Å². The third-order valence-corrected chi connectivity index (χ3v) is 3.62. The summed E-state index contributed by atoms with van der Waals surface area (Å²) >= 11 is 0. The molecule has 0 aliphatic carbocycles. The van der Waals surface area contributed by atoms with E-state index in [1.807, 2.05) is 6.92 Å². The predicted octanol–water partition coefficient (Wildman–Crippen LogP) is 3.46. The van der Waals surface area contributed by atoms with Crippen LogP contribution in [0, 0.1) is 5.82 Å². The summed E-state index contributed by atoms with van der Waals surface area (Å²) in [6, 6.07) is 12.7. The third-order valence-electron chi connectivity index (χ3n) is 3.62. The number of ketones is 1. The van der Waals surface area contributed by atoms with Gasteiger partial charge >= 0.3 is 0 Å². The fourth-order valence-electron chi connectivity index (χ4n) is 2.15. The fourth-order valence-corrected chi connectivity index (χ4v) is 2.15. The summed E-state index contributed by atoms with van der Waals surface area (Å²) in [7, 11) is 1.66. The average molecular weight is 329 g/mol. The van der Waals surface area contributed by atoms with E-state index in [9.17, 15) is 14.0 Å². The lowest BCUT2D eigenvalue weighted by Gasteiger charge is -2.17. The Morgan fingerprint density at radius 1 is 1.04 bits per heavy atom. The van der Waals surface area contributed by atoms with E-state index >= 15 is 0 Å². The normalized spacial score (nSPS) is 10.3. The number of rotatable bonds is 7. The zero-order valence-corrected chi connectivity index (χ0v) is 13.8. The van der Waals surface area contributed by atoms with Crippen molar-refractivity contribution in [2.75, 3.05) is 13.7 Å². The molecule has 2 aromatic rings. The first-order chi connectivity index (χ1) is 11.5. The van der Waals surface area contributed by atoms with Gasteiger partial charge in [-0.3, -0.25) is 9.59 Å². The number of halogens is 1. The van der Waals surface area contributed by atoms with E-state index in [1.165, 1.54) is 17.0 Å². The van der Waals surface area contributed by atoms with E-state index in [2.05, 4.69) is 0 Å². The van der Waals surface area contributed by atoms with Crippen molar-refractivity contribution < 1.29 is 18.7 Å². The van der Waals surface area contributed by atoms with Crippen LogP contribution in [0.15, 0.2) is 48.5 Å². The second kappa shape index (κ2) is 8.24. The van der Waals surface area contributed by atoms with E-state index < -0.39 is 0 Å². The van der Waals surface area contributed by atoms with E-state index in [4.69, 9.17) is 4.74 Å². The van der Waals surface area contributed by atoms with E-state index in [0.717, 1.165) is 5.56 Å². The summed E-state index contributed by atoms with van der Waals surface area (Å²) < 4.78 is 18.3. The molecule has 4 nitrogen and oxygen atoms in total. The molecular weight excluding hydrogens is 309 g/mol. The lowest BCUT2D eigenvalue weighted by atomic mass is 10.1. The van der Waals surface area contributed by atoms with Crippen molar-refractivity contribution in [3.8, 4) is 5.75 Å². The number of carbonyl (C=O) groups excluding carboxylic acids is 2. The molecule has 2 rings (SSSR count). The van der Waals surface area contributed by atoms with Gasteiger partial charge < -0.3 is 9.64 Å². The summed E-state index contributed by atoms with van der Waals surface area (Å²) in [4.78, 5) is 25.1. The van der Waals surface area contributed by atoms with Crippen LogP contribution in [0.1, 0.15) is 29.3 Å². The van der Waals surface area contributed by atoms with Crippen molar-refractivity contribution in [1.29, 1.82) is 0 Å². The number of benzene rings is 2.